The Morgan fingerprint density at radius 1 is 1.27 bits per heavy atom. The van der Waals surface area contributed by atoms with Gasteiger partial charge in [-0.2, -0.15) is 0 Å². The maximum atomic E-state index is 13.5. The number of allylic oxidation sites excluding steroid dienone is 1. The lowest BCUT2D eigenvalue weighted by molar-refractivity contribution is 0.104. The van der Waals surface area contributed by atoms with Gasteiger partial charge in [0.05, 0.1) is 15.8 Å². The fourth-order valence-electron chi connectivity index (χ4n) is 1.83. The Morgan fingerprint density at radius 2 is 2.09 bits per heavy atom. The molecule has 2 nitrogen and oxygen atoms in total. The standard InChI is InChI=1S/C16H9ClFNOS2/c17-10-5-6-15-13(9-10)19-16(22-15)21-8-7-14(20)11-3-1-2-4-12(11)18/h1-9H. The normalized spacial score (nSPS) is 11.4. The summed E-state index contributed by atoms with van der Waals surface area (Å²) in [5.74, 6) is -0.883. The van der Waals surface area contributed by atoms with Gasteiger partial charge in [0, 0.05) is 5.02 Å². The molecule has 110 valence electrons. The van der Waals surface area contributed by atoms with Crippen LogP contribution >= 0.6 is 34.7 Å². The number of rotatable bonds is 4. The second kappa shape index (κ2) is 6.60. The maximum absolute atomic E-state index is 13.5. The summed E-state index contributed by atoms with van der Waals surface area (Å²) >= 11 is 8.75. The molecule has 0 saturated heterocycles. The number of thiazole rings is 1. The van der Waals surface area contributed by atoms with Gasteiger partial charge in [0.25, 0.3) is 0 Å². The number of hydrogen-bond acceptors (Lipinski definition) is 4. The fraction of sp³-hybridized carbons (Fsp3) is 0. The van der Waals surface area contributed by atoms with Crippen molar-refractivity contribution in [2.75, 3.05) is 0 Å². The molecule has 0 fully saturated rings. The van der Waals surface area contributed by atoms with E-state index in [1.54, 1.807) is 23.6 Å². The second-order valence-corrected chi connectivity index (χ2v) is 6.98. The molecule has 1 heterocycles. The van der Waals surface area contributed by atoms with Crippen LogP contribution in [0.4, 0.5) is 4.39 Å². The first-order valence-electron chi connectivity index (χ1n) is 6.31. The van der Waals surface area contributed by atoms with Gasteiger partial charge >= 0.3 is 0 Å². The molecule has 3 rings (SSSR count). The highest BCUT2D eigenvalue weighted by Gasteiger charge is 2.08. The van der Waals surface area contributed by atoms with Gasteiger partial charge in [0.1, 0.15) is 5.82 Å². The van der Waals surface area contributed by atoms with Crippen molar-refractivity contribution >= 4 is 50.7 Å². The summed E-state index contributed by atoms with van der Waals surface area (Å²) in [5, 5.41) is 2.26. The van der Waals surface area contributed by atoms with Crippen LogP contribution in [0, 0.1) is 5.82 Å². The lowest BCUT2D eigenvalue weighted by Gasteiger charge is -1.96. The number of nitrogens with zero attached hydrogens (tertiary/aromatic N) is 1. The number of thioether (sulfide) groups is 1. The zero-order valence-electron chi connectivity index (χ0n) is 11.1. The third-order valence-corrected chi connectivity index (χ3v) is 5.03. The summed E-state index contributed by atoms with van der Waals surface area (Å²) in [7, 11) is 0. The number of fused-ring (bicyclic) bond motifs is 1. The zero-order valence-corrected chi connectivity index (χ0v) is 13.5. The van der Waals surface area contributed by atoms with Crippen LogP contribution in [-0.4, -0.2) is 10.8 Å². The minimum atomic E-state index is -0.517. The number of carbonyl (C=O) groups excluding carboxylic acids is 1. The summed E-state index contributed by atoms with van der Waals surface area (Å²) in [6.07, 6.45) is 1.35. The minimum Gasteiger partial charge on any atom is -0.289 e. The first-order chi connectivity index (χ1) is 10.6. The molecular formula is C16H9ClFNOS2. The molecule has 0 N–H and O–H groups in total. The number of carbonyl (C=O) groups is 1. The highest BCUT2D eigenvalue weighted by atomic mass is 35.5. The van der Waals surface area contributed by atoms with Gasteiger partial charge in [-0.25, -0.2) is 9.37 Å². The smallest absolute Gasteiger partial charge is 0.189 e. The lowest BCUT2D eigenvalue weighted by Crippen LogP contribution is -1.97. The van der Waals surface area contributed by atoms with E-state index in [0.717, 1.165) is 14.6 Å². The fourth-order valence-corrected chi connectivity index (χ4v) is 3.77. The molecule has 0 unspecified atom stereocenters. The number of hydrogen-bond donors (Lipinski definition) is 0. The quantitative estimate of drug-likeness (QED) is 0.350. The van der Waals surface area contributed by atoms with Crippen molar-refractivity contribution in [1.82, 2.24) is 4.98 Å². The molecule has 0 saturated carbocycles. The Kier molecular flexibility index (Phi) is 4.57. The van der Waals surface area contributed by atoms with E-state index >= 15 is 0 Å². The summed E-state index contributed by atoms with van der Waals surface area (Å²) in [6.45, 7) is 0. The van der Waals surface area contributed by atoms with Gasteiger partial charge in [0.2, 0.25) is 0 Å². The van der Waals surface area contributed by atoms with Crippen LogP contribution in [0.3, 0.4) is 0 Å². The van der Waals surface area contributed by atoms with Crippen LogP contribution in [0.1, 0.15) is 10.4 Å². The monoisotopic (exact) mass is 349 g/mol. The van der Waals surface area contributed by atoms with Crippen molar-refractivity contribution in [2.24, 2.45) is 0 Å². The number of halogens is 2. The van der Waals surface area contributed by atoms with E-state index in [2.05, 4.69) is 4.98 Å². The number of benzene rings is 2. The van der Waals surface area contributed by atoms with Crippen molar-refractivity contribution in [3.63, 3.8) is 0 Å². The molecular weight excluding hydrogens is 341 g/mol. The van der Waals surface area contributed by atoms with E-state index in [1.165, 1.54) is 41.3 Å². The van der Waals surface area contributed by atoms with Crippen molar-refractivity contribution in [3.8, 4) is 0 Å². The predicted octanol–water partition coefficient (Wildman–Crippen LogP) is 5.58. The van der Waals surface area contributed by atoms with Crippen LogP contribution in [0.5, 0.6) is 0 Å². The average molecular weight is 350 g/mol. The summed E-state index contributed by atoms with van der Waals surface area (Å²) in [4.78, 5) is 16.3. The van der Waals surface area contributed by atoms with Crippen LogP contribution in [0.25, 0.3) is 10.2 Å². The van der Waals surface area contributed by atoms with Crippen molar-refractivity contribution < 1.29 is 9.18 Å². The van der Waals surface area contributed by atoms with Gasteiger partial charge in [-0.15, -0.1) is 11.3 Å². The van der Waals surface area contributed by atoms with Crippen LogP contribution in [0.15, 0.2) is 58.3 Å². The van der Waals surface area contributed by atoms with Crippen LogP contribution in [-0.2, 0) is 0 Å². The first-order valence-corrected chi connectivity index (χ1v) is 8.39. The predicted molar refractivity (Wildman–Crippen MR) is 90.4 cm³/mol. The van der Waals surface area contributed by atoms with Gasteiger partial charge < -0.3 is 0 Å². The Bertz CT molecular complexity index is 875. The van der Waals surface area contributed by atoms with E-state index in [9.17, 15) is 9.18 Å². The average Bonchev–Trinajstić information content (AvgIpc) is 2.89. The lowest BCUT2D eigenvalue weighted by atomic mass is 10.1. The Morgan fingerprint density at radius 3 is 2.91 bits per heavy atom. The summed E-state index contributed by atoms with van der Waals surface area (Å²) in [6, 6.07) is 11.4. The topological polar surface area (TPSA) is 30.0 Å². The molecule has 1 aromatic heterocycles. The second-order valence-electron chi connectivity index (χ2n) is 4.36. The van der Waals surface area contributed by atoms with Crippen molar-refractivity contribution in [2.45, 2.75) is 4.34 Å². The zero-order chi connectivity index (χ0) is 15.5. The third kappa shape index (κ3) is 3.38. The molecule has 3 aromatic rings. The maximum Gasteiger partial charge on any atom is 0.189 e. The molecule has 0 atom stereocenters. The molecule has 0 radical (unpaired) electrons. The number of aromatic nitrogens is 1. The number of ketones is 1. The van der Waals surface area contributed by atoms with Gasteiger partial charge in [-0.1, -0.05) is 35.5 Å². The van der Waals surface area contributed by atoms with Gasteiger partial charge in [-0.3, -0.25) is 4.79 Å². The molecule has 0 bridgehead atoms. The molecule has 0 aliphatic heterocycles. The Hall–Kier alpha value is -1.69. The van der Waals surface area contributed by atoms with Gasteiger partial charge in [0.15, 0.2) is 10.1 Å². The highest BCUT2D eigenvalue weighted by molar-refractivity contribution is 8.03. The van der Waals surface area contributed by atoms with E-state index in [0.29, 0.717) is 5.02 Å². The van der Waals surface area contributed by atoms with Crippen LogP contribution < -0.4 is 0 Å². The van der Waals surface area contributed by atoms with E-state index in [-0.39, 0.29) is 11.3 Å². The van der Waals surface area contributed by atoms with E-state index in [4.69, 9.17) is 11.6 Å². The third-order valence-electron chi connectivity index (χ3n) is 2.86. The SMILES string of the molecule is O=C(C=CSc1nc2cc(Cl)ccc2s1)c1ccccc1F. The van der Waals surface area contributed by atoms with Gasteiger partial charge in [-0.05, 0) is 41.8 Å². The summed E-state index contributed by atoms with van der Waals surface area (Å²) < 4.78 is 15.3. The summed E-state index contributed by atoms with van der Waals surface area (Å²) in [5.41, 5.74) is 0.893. The Labute approximate surface area is 139 Å². The van der Waals surface area contributed by atoms with Crippen molar-refractivity contribution in [3.05, 3.63) is 70.4 Å². The Balaban J connectivity index is 1.73. The molecule has 2 aromatic carbocycles. The van der Waals surface area contributed by atoms with Crippen molar-refractivity contribution in [1.29, 1.82) is 0 Å². The van der Waals surface area contributed by atoms with E-state index < -0.39 is 5.82 Å². The largest absolute Gasteiger partial charge is 0.289 e. The molecule has 0 aliphatic rings. The molecule has 0 aliphatic carbocycles. The van der Waals surface area contributed by atoms with E-state index in [1.807, 2.05) is 12.1 Å². The molecule has 0 spiro atoms. The molecule has 6 heteroatoms. The van der Waals surface area contributed by atoms with Crippen LogP contribution in [0.2, 0.25) is 5.02 Å². The first kappa shape index (κ1) is 15.2. The minimum absolute atomic E-state index is 0.0652. The highest BCUT2D eigenvalue weighted by Crippen LogP contribution is 2.31. The molecule has 0 amide bonds. The molecule has 22 heavy (non-hydrogen) atoms.